The number of rotatable bonds is 3. The van der Waals surface area contributed by atoms with Crippen molar-refractivity contribution in [3.05, 3.63) is 35.5 Å². The molecule has 4 fully saturated rings. The normalized spacial score (nSPS) is 45.0. The molecule has 7 atom stereocenters. The van der Waals surface area contributed by atoms with Crippen LogP contribution >= 0.6 is 0 Å². The van der Waals surface area contributed by atoms with E-state index in [4.69, 9.17) is 4.74 Å². The fourth-order valence-electron chi connectivity index (χ4n) is 9.01. The molecule has 0 amide bonds. The van der Waals surface area contributed by atoms with E-state index < -0.39 is 0 Å². The zero-order valence-corrected chi connectivity index (χ0v) is 22.0. The summed E-state index contributed by atoms with van der Waals surface area (Å²) in [6.45, 7) is 16.6. The first-order chi connectivity index (χ1) is 15.4. The van der Waals surface area contributed by atoms with Gasteiger partial charge in [-0.25, -0.2) is 0 Å². The van der Waals surface area contributed by atoms with E-state index in [2.05, 4.69) is 72.8 Å². The van der Waals surface area contributed by atoms with Crippen molar-refractivity contribution in [1.82, 2.24) is 0 Å². The van der Waals surface area contributed by atoms with Crippen molar-refractivity contribution in [3.63, 3.8) is 0 Å². The summed E-state index contributed by atoms with van der Waals surface area (Å²) < 4.78 is 5.78. The maximum atomic E-state index is 12.6. The van der Waals surface area contributed by atoms with Crippen molar-refractivity contribution in [1.29, 1.82) is 0 Å². The third kappa shape index (κ3) is 3.77. The fraction of sp³-hybridized carbons (Fsp3) is 0.767. The molecule has 7 unspecified atom stereocenters. The number of cyclic esters (lactones) is 1. The minimum atomic E-state index is -0.209. The number of aliphatic hydroxyl groups is 1. The highest BCUT2D eigenvalue weighted by atomic mass is 16.5. The maximum Gasteiger partial charge on any atom is 0.306 e. The van der Waals surface area contributed by atoms with E-state index >= 15 is 0 Å². The third-order valence-electron chi connectivity index (χ3n) is 10.8. The summed E-state index contributed by atoms with van der Waals surface area (Å²) in [7, 11) is 0. The molecule has 0 aromatic rings. The fourth-order valence-corrected chi connectivity index (χ4v) is 9.01. The molecule has 0 aromatic heterocycles. The molecule has 1 aliphatic heterocycles. The van der Waals surface area contributed by atoms with Crippen LogP contribution in [0.4, 0.5) is 0 Å². The summed E-state index contributed by atoms with van der Waals surface area (Å²) in [5.41, 5.74) is 2.69. The summed E-state index contributed by atoms with van der Waals surface area (Å²) >= 11 is 0. The molecule has 3 heteroatoms. The molecule has 1 spiro atoms. The first-order valence-corrected chi connectivity index (χ1v) is 13.2. The van der Waals surface area contributed by atoms with E-state index in [1.165, 1.54) is 17.6 Å². The Morgan fingerprint density at radius 1 is 1.00 bits per heavy atom. The molecule has 4 rings (SSSR count). The largest absolute Gasteiger partial charge is 0.465 e. The van der Waals surface area contributed by atoms with Crippen molar-refractivity contribution in [2.45, 2.75) is 99.5 Å². The first-order valence-electron chi connectivity index (χ1n) is 13.2. The number of ether oxygens (including phenoxy) is 1. The van der Waals surface area contributed by atoms with Gasteiger partial charge >= 0.3 is 5.97 Å². The molecule has 0 aromatic carbocycles. The summed E-state index contributed by atoms with van der Waals surface area (Å²) in [5, 5.41) is 10.9. The van der Waals surface area contributed by atoms with E-state index in [0.29, 0.717) is 30.8 Å². The second kappa shape index (κ2) is 8.40. The molecule has 1 N–H and O–H groups in total. The van der Waals surface area contributed by atoms with Crippen LogP contribution in [-0.2, 0) is 9.53 Å². The number of hydrogen-bond donors (Lipinski definition) is 1. The molecule has 0 radical (unpaired) electrons. The van der Waals surface area contributed by atoms with Gasteiger partial charge < -0.3 is 9.84 Å². The summed E-state index contributed by atoms with van der Waals surface area (Å²) in [5.74, 6) is 1.45. The van der Waals surface area contributed by atoms with Crippen LogP contribution < -0.4 is 0 Å². The van der Waals surface area contributed by atoms with Crippen molar-refractivity contribution < 1.29 is 14.6 Å². The van der Waals surface area contributed by atoms with Crippen LogP contribution in [0.5, 0.6) is 0 Å². The Kier molecular flexibility index (Phi) is 6.30. The van der Waals surface area contributed by atoms with Crippen LogP contribution in [0.1, 0.15) is 93.4 Å². The monoisotopic (exact) mass is 454 g/mol. The molecule has 33 heavy (non-hydrogen) atoms. The molecular weight excluding hydrogens is 408 g/mol. The zero-order chi connectivity index (χ0) is 24.2. The smallest absolute Gasteiger partial charge is 0.306 e. The number of carbonyl (C=O) groups excluding carboxylic acids is 1. The lowest BCUT2D eigenvalue weighted by atomic mass is 9.35. The standard InChI is InChI=1S/C30H46O3/c1-20(2)9-8-10-21(3)17-22-11-12-24-28(6)15-14-25(31)27(4,5)23(28)13-16-29(24,7)30(22)18-26(32)33-19-30/h8-10,17,22-25,31H,11-16,18-19H2,1-7H3/b10-8+,21-17+. The second-order valence-corrected chi connectivity index (χ2v) is 13.1. The Morgan fingerprint density at radius 2 is 1.73 bits per heavy atom. The molecule has 3 nitrogen and oxygen atoms in total. The lowest BCUT2D eigenvalue weighted by Gasteiger charge is -2.69. The minimum absolute atomic E-state index is 0.0142. The van der Waals surface area contributed by atoms with E-state index in [9.17, 15) is 9.90 Å². The number of allylic oxidation sites excluding steroid dienone is 6. The van der Waals surface area contributed by atoms with Crippen molar-refractivity contribution >= 4 is 5.97 Å². The predicted molar refractivity (Wildman–Crippen MR) is 135 cm³/mol. The minimum Gasteiger partial charge on any atom is -0.465 e. The SMILES string of the molecule is CC(C)=C/C=C/C(C)=C/C1CCC2C3(C)CCC(O)C(C)(C)C3CCC2(C)C12COC(=O)C2. The van der Waals surface area contributed by atoms with E-state index in [-0.39, 0.29) is 33.7 Å². The van der Waals surface area contributed by atoms with E-state index in [1.54, 1.807) is 0 Å². The van der Waals surface area contributed by atoms with Crippen molar-refractivity contribution in [2.24, 2.45) is 39.4 Å². The predicted octanol–water partition coefficient (Wildman–Crippen LogP) is 7.02. The Bertz CT molecular complexity index is 875. The van der Waals surface area contributed by atoms with E-state index in [1.807, 2.05) is 0 Å². The van der Waals surface area contributed by atoms with Gasteiger partial charge in [0, 0.05) is 5.41 Å². The maximum absolute atomic E-state index is 12.6. The quantitative estimate of drug-likeness (QED) is 0.368. The number of fused-ring (bicyclic) bond motifs is 4. The third-order valence-corrected chi connectivity index (χ3v) is 10.8. The number of esters is 1. The molecule has 1 heterocycles. The van der Waals surface area contributed by atoms with Crippen LogP contribution in [0.2, 0.25) is 0 Å². The highest BCUT2D eigenvalue weighted by molar-refractivity contribution is 5.73. The van der Waals surface area contributed by atoms with Crippen LogP contribution in [-0.4, -0.2) is 23.8 Å². The van der Waals surface area contributed by atoms with Gasteiger partial charge in [0.25, 0.3) is 0 Å². The Balaban J connectivity index is 1.72. The number of hydrogen-bond acceptors (Lipinski definition) is 3. The lowest BCUT2D eigenvalue weighted by Crippen LogP contribution is -2.65. The summed E-state index contributed by atoms with van der Waals surface area (Å²) in [6, 6.07) is 0. The van der Waals surface area contributed by atoms with Gasteiger partial charge in [0.15, 0.2) is 0 Å². The van der Waals surface area contributed by atoms with Gasteiger partial charge in [0.2, 0.25) is 0 Å². The van der Waals surface area contributed by atoms with Gasteiger partial charge in [-0.1, -0.05) is 63.1 Å². The van der Waals surface area contributed by atoms with Gasteiger partial charge in [0.05, 0.1) is 19.1 Å². The highest BCUT2D eigenvalue weighted by Crippen LogP contribution is 2.73. The molecular formula is C30H46O3. The molecule has 3 aliphatic carbocycles. The van der Waals surface area contributed by atoms with Crippen LogP contribution in [0.15, 0.2) is 35.5 Å². The van der Waals surface area contributed by atoms with Gasteiger partial charge in [-0.3, -0.25) is 4.79 Å². The zero-order valence-electron chi connectivity index (χ0n) is 22.0. The average Bonchev–Trinajstić information content (AvgIpc) is 3.11. The van der Waals surface area contributed by atoms with Crippen LogP contribution in [0.25, 0.3) is 0 Å². The molecule has 184 valence electrons. The van der Waals surface area contributed by atoms with Gasteiger partial charge in [-0.2, -0.15) is 0 Å². The van der Waals surface area contributed by atoms with Crippen molar-refractivity contribution in [3.8, 4) is 0 Å². The second-order valence-electron chi connectivity index (χ2n) is 13.1. The molecule has 4 aliphatic rings. The van der Waals surface area contributed by atoms with Crippen molar-refractivity contribution in [2.75, 3.05) is 6.61 Å². The first kappa shape index (κ1) is 24.8. The molecule has 0 bridgehead atoms. The molecule has 3 saturated carbocycles. The van der Waals surface area contributed by atoms with Gasteiger partial charge in [0.1, 0.15) is 0 Å². The summed E-state index contributed by atoms with van der Waals surface area (Å²) in [4.78, 5) is 12.6. The average molecular weight is 455 g/mol. The van der Waals surface area contributed by atoms with Crippen LogP contribution in [0, 0.1) is 39.4 Å². The van der Waals surface area contributed by atoms with Crippen LogP contribution in [0.3, 0.4) is 0 Å². The summed E-state index contributed by atoms with van der Waals surface area (Å²) in [6.07, 6.45) is 15.9. The highest BCUT2D eigenvalue weighted by Gasteiger charge is 2.69. The Hall–Kier alpha value is -1.35. The molecule has 1 saturated heterocycles. The van der Waals surface area contributed by atoms with Gasteiger partial charge in [-0.05, 0) is 93.3 Å². The Morgan fingerprint density at radius 3 is 2.36 bits per heavy atom. The number of aliphatic hydroxyl groups excluding tert-OH is 1. The number of carbonyl (C=O) groups is 1. The van der Waals surface area contributed by atoms with Gasteiger partial charge in [-0.15, -0.1) is 0 Å². The Labute approximate surface area is 201 Å². The lowest BCUT2D eigenvalue weighted by molar-refractivity contribution is -0.222. The van der Waals surface area contributed by atoms with E-state index in [0.717, 1.165) is 32.1 Å². The topological polar surface area (TPSA) is 46.5 Å².